The fourth-order valence-electron chi connectivity index (χ4n) is 2.92. The first-order valence-corrected chi connectivity index (χ1v) is 9.31. The number of morpholine rings is 1. The number of rotatable bonds is 4. The minimum Gasteiger partial charge on any atom is -0.508 e. The van der Waals surface area contributed by atoms with Crippen molar-refractivity contribution < 1.29 is 14.6 Å². The predicted molar refractivity (Wildman–Crippen MR) is 103 cm³/mol. The molecule has 0 radical (unpaired) electrons. The highest BCUT2D eigenvalue weighted by atomic mass is 32.1. The van der Waals surface area contributed by atoms with Gasteiger partial charge in [0.1, 0.15) is 5.75 Å². The van der Waals surface area contributed by atoms with Gasteiger partial charge < -0.3 is 20.1 Å². The normalized spacial score (nSPS) is 14.5. The Bertz CT molecular complexity index is 935. The molecule has 1 amide bonds. The second kappa shape index (κ2) is 7.31. The number of anilines is 2. The maximum Gasteiger partial charge on any atom is 0.228 e. The number of ether oxygens (including phenoxy) is 1. The Morgan fingerprint density at radius 2 is 2.04 bits per heavy atom. The van der Waals surface area contributed by atoms with Gasteiger partial charge >= 0.3 is 0 Å². The molecule has 0 spiro atoms. The van der Waals surface area contributed by atoms with Crippen molar-refractivity contribution in [1.29, 1.82) is 0 Å². The molecule has 2 heterocycles. The number of phenolic OH excluding ortho intramolecular Hbond substituents is 1. The van der Waals surface area contributed by atoms with Crippen LogP contribution in [0.25, 0.3) is 10.2 Å². The molecule has 0 aliphatic carbocycles. The van der Waals surface area contributed by atoms with Crippen LogP contribution in [0, 0.1) is 0 Å². The van der Waals surface area contributed by atoms with E-state index in [9.17, 15) is 9.90 Å². The van der Waals surface area contributed by atoms with E-state index >= 15 is 0 Å². The third-order valence-corrected chi connectivity index (χ3v) is 5.36. The van der Waals surface area contributed by atoms with Gasteiger partial charge in [0.05, 0.1) is 29.9 Å². The van der Waals surface area contributed by atoms with E-state index in [0.29, 0.717) is 5.56 Å². The van der Waals surface area contributed by atoms with Gasteiger partial charge in [-0.2, -0.15) is 0 Å². The number of nitrogens with one attached hydrogen (secondary N) is 1. The molecule has 1 aliphatic rings. The van der Waals surface area contributed by atoms with E-state index in [-0.39, 0.29) is 18.1 Å². The van der Waals surface area contributed by atoms with Crippen molar-refractivity contribution in [2.24, 2.45) is 0 Å². The molecule has 7 heteroatoms. The summed E-state index contributed by atoms with van der Waals surface area (Å²) in [6.07, 6.45) is 0.131. The third kappa shape index (κ3) is 3.63. The zero-order valence-electron chi connectivity index (χ0n) is 14.1. The first-order chi connectivity index (χ1) is 12.7. The Morgan fingerprint density at radius 3 is 2.85 bits per heavy atom. The van der Waals surface area contributed by atoms with Crippen molar-refractivity contribution in [3.63, 3.8) is 0 Å². The van der Waals surface area contributed by atoms with Crippen molar-refractivity contribution >= 4 is 38.3 Å². The first-order valence-electron chi connectivity index (χ1n) is 8.49. The van der Waals surface area contributed by atoms with Crippen molar-refractivity contribution in [3.05, 3.63) is 48.0 Å². The van der Waals surface area contributed by atoms with Crippen LogP contribution >= 0.6 is 11.3 Å². The molecule has 1 aromatic heterocycles. The number of nitrogens with zero attached hydrogens (tertiary/aromatic N) is 2. The molecule has 0 unspecified atom stereocenters. The number of benzene rings is 2. The fraction of sp³-hybridized carbons (Fsp3) is 0.263. The predicted octanol–water partition coefficient (Wildman–Crippen LogP) is 3.02. The van der Waals surface area contributed by atoms with Crippen LogP contribution < -0.4 is 10.2 Å². The van der Waals surface area contributed by atoms with Gasteiger partial charge in [0, 0.05) is 24.3 Å². The lowest BCUT2D eigenvalue weighted by atomic mass is 10.1. The summed E-state index contributed by atoms with van der Waals surface area (Å²) in [6, 6.07) is 12.6. The van der Waals surface area contributed by atoms with Crippen LogP contribution in [0.4, 0.5) is 10.8 Å². The highest BCUT2D eigenvalue weighted by molar-refractivity contribution is 7.22. The zero-order valence-corrected chi connectivity index (χ0v) is 15.0. The summed E-state index contributed by atoms with van der Waals surface area (Å²) in [6.45, 7) is 3.15. The second-order valence-corrected chi connectivity index (χ2v) is 7.14. The van der Waals surface area contributed by atoms with Gasteiger partial charge in [0.25, 0.3) is 0 Å². The molecule has 0 bridgehead atoms. The molecule has 0 atom stereocenters. The van der Waals surface area contributed by atoms with Crippen LogP contribution in [0.5, 0.6) is 5.75 Å². The van der Waals surface area contributed by atoms with Crippen LogP contribution in [0.15, 0.2) is 42.5 Å². The molecule has 0 saturated carbocycles. The van der Waals surface area contributed by atoms with Crippen LogP contribution in [0.2, 0.25) is 0 Å². The van der Waals surface area contributed by atoms with E-state index in [1.54, 1.807) is 35.6 Å². The molecular weight excluding hydrogens is 350 g/mol. The number of para-hydroxylation sites is 1. The average Bonchev–Trinajstić information content (AvgIpc) is 3.08. The summed E-state index contributed by atoms with van der Waals surface area (Å²) in [5, 5.41) is 13.7. The molecule has 2 aromatic carbocycles. The van der Waals surface area contributed by atoms with Gasteiger partial charge in [-0.25, -0.2) is 4.98 Å². The number of hydrogen-bond donors (Lipinski definition) is 2. The number of aromatic hydroxyl groups is 1. The number of carbonyl (C=O) groups is 1. The van der Waals surface area contributed by atoms with E-state index in [4.69, 9.17) is 4.74 Å². The average molecular weight is 369 g/mol. The lowest BCUT2D eigenvalue weighted by molar-refractivity contribution is -0.115. The molecule has 1 saturated heterocycles. The summed E-state index contributed by atoms with van der Waals surface area (Å²) >= 11 is 1.62. The van der Waals surface area contributed by atoms with E-state index in [1.807, 2.05) is 18.2 Å². The second-order valence-electron chi connectivity index (χ2n) is 6.13. The highest BCUT2D eigenvalue weighted by Crippen LogP contribution is 2.31. The lowest BCUT2D eigenvalue weighted by Gasteiger charge is -2.25. The van der Waals surface area contributed by atoms with Crippen molar-refractivity contribution in [2.75, 3.05) is 36.5 Å². The number of aromatic nitrogens is 1. The Kier molecular flexibility index (Phi) is 4.73. The van der Waals surface area contributed by atoms with E-state index in [1.165, 1.54) is 0 Å². The number of amides is 1. The van der Waals surface area contributed by atoms with Gasteiger partial charge in [-0.1, -0.05) is 29.5 Å². The number of hydrogen-bond acceptors (Lipinski definition) is 6. The SMILES string of the molecule is O=C(Cc1ccccc1O)Nc1ccc2nc(N3CCOCC3)sc2c1. The molecule has 2 N–H and O–H groups in total. The maximum absolute atomic E-state index is 12.3. The first kappa shape index (κ1) is 16.8. The largest absolute Gasteiger partial charge is 0.508 e. The molecule has 134 valence electrons. The van der Waals surface area contributed by atoms with E-state index in [0.717, 1.165) is 47.3 Å². The quantitative estimate of drug-likeness (QED) is 0.739. The van der Waals surface area contributed by atoms with Gasteiger partial charge in [-0.3, -0.25) is 4.79 Å². The highest BCUT2D eigenvalue weighted by Gasteiger charge is 2.16. The molecule has 26 heavy (non-hydrogen) atoms. The van der Waals surface area contributed by atoms with Gasteiger partial charge in [-0.15, -0.1) is 0 Å². The van der Waals surface area contributed by atoms with Crippen LogP contribution in [-0.4, -0.2) is 42.3 Å². The van der Waals surface area contributed by atoms with Crippen molar-refractivity contribution in [3.8, 4) is 5.75 Å². The molecule has 1 fully saturated rings. The van der Waals surface area contributed by atoms with Crippen LogP contribution in [0.3, 0.4) is 0 Å². The number of thiazole rings is 1. The monoisotopic (exact) mass is 369 g/mol. The smallest absolute Gasteiger partial charge is 0.228 e. The molecule has 6 nitrogen and oxygen atoms in total. The summed E-state index contributed by atoms with van der Waals surface area (Å²) in [5.74, 6) is -0.0283. The number of fused-ring (bicyclic) bond motifs is 1. The number of phenols is 1. The number of carbonyl (C=O) groups excluding carboxylic acids is 1. The maximum atomic E-state index is 12.3. The minimum absolute atomic E-state index is 0.131. The third-order valence-electron chi connectivity index (χ3n) is 4.29. The van der Waals surface area contributed by atoms with Crippen LogP contribution in [-0.2, 0) is 16.0 Å². The van der Waals surface area contributed by atoms with Gasteiger partial charge in [0.2, 0.25) is 5.91 Å². The Balaban J connectivity index is 1.48. The van der Waals surface area contributed by atoms with Crippen LogP contribution in [0.1, 0.15) is 5.56 Å². The lowest BCUT2D eigenvalue weighted by Crippen LogP contribution is -2.36. The van der Waals surface area contributed by atoms with E-state index in [2.05, 4.69) is 15.2 Å². The standard InChI is InChI=1S/C19H19N3O3S/c23-16-4-2-1-3-13(16)11-18(24)20-14-5-6-15-17(12-14)26-19(21-15)22-7-9-25-10-8-22/h1-6,12,23H,7-11H2,(H,20,24). The summed E-state index contributed by atoms with van der Waals surface area (Å²) < 4.78 is 6.42. The Hall–Kier alpha value is -2.64. The fourth-order valence-corrected chi connectivity index (χ4v) is 3.98. The van der Waals surface area contributed by atoms with Crippen molar-refractivity contribution in [2.45, 2.75) is 6.42 Å². The molecule has 3 aromatic rings. The minimum atomic E-state index is -0.163. The summed E-state index contributed by atoms with van der Waals surface area (Å²) in [4.78, 5) is 19.2. The Labute approximate surface area is 155 Å². The summed E-state index contributed by atoms with van der Waals surface area (Å²) in [5.41, 5.74) is 2.27. The zero-order chi connectivity index (χ0) is 17.9. The topological polar surface area (TPSA) is 74.7 Å². The Morgan fingerprint density at radius 1 is 1.23 bits per heavy atom. The van der Waals surface area contributed by atoms with Gasteiger partial charge in [-0.05, 0) is 24.3 Å². The molecule has 1 aliphatic heterocycles. The summed E-state index contributed by atoms with van der Waals surface area (Å²) in [7, 11) is 0. The molecular formula is C19H19N3O3S. The molecule has 4 rings (SSSR count). The van der Waals surface area contributed by atoms with Crippen molar-refractivity contribution in [1.82, 2.24) is 4.98 Å². The van der Waals surface area contributed by atoms with E-state index < -0.39 is 0 Å². The van der Waals surface area contributed by atoms with Gasteiger partial charge in [0.15, 0.2) is 5.13 Å².